The summed E-state index contributed by atoms with van der Waals surface area (Å²) >= 11 is 0. The standard InChI is InChI=1S/C27H42N3O10P/c1-4-6-8-14-30(15-9-7-5-2)27(36)22(11-13-25(33)34)29-26(35)23(28-19(3)32)17-20-10-12-24(21(16-20)18-31)40-41(37,38)39/h10,12,16,18,22-23H,4-9,11,13-15,17H2,1-3H3,(H,28,32)(H,29,35)(H,33,34)(H2,37,38,39)/p-1. The molecule has 0 bridgehead atoms. The molecule has 1 rings (SSSR count). The number of rotatable bonds is 20. The first-order valence-corrected chi connectivity index (χ1v) is 15.2. The number of carbonyl (C=O) groups excluding carboxylic acids is 4. The maximum absolute atomic E-state index is 13.5. The van der Waals surface area contributed by atoms with Crippen molar-refractivity contribution in [1.82, 2.24) is 15.5 Å². The predicted octanol–water partition coefficient (Wildman–Crippen LogP) is 1.94. The second-order valence-electron chi connectivity index (χ2n) is 9.74. The van der Waals surface area contributed by atoms with Crippen LogP contribution < -0.4 is 20.1 Å². The van der Waals surface area contributed by atoms with Crippen molar-refractivity contribution in [3.05, 3.63) is 29.3 Å². The van der Waals surface area contributed by atoms with E-state index in [1.807, 2.05) is 13.8 Å². The predicted molar refractivity (Wildman–Crippen MR) is 148 cm³/mol. The number of carboxylic acids is 1. The molecule has 0 radical (unpaired) electrons. The SMILES string of the molecule is CCCCCN(CCCCC)C(=O)C(CCC(=O)O)NC(=O)C(Cc1ccc(OP(=O)([O-])O)c(C=O)c1)NC(C)=O. The Morgan fingerprint density at radius 3 is 2.15 bits per heavy atom. The Morgan fingerprint density at radius 1 is 1.05 bits per heavy atom. The van der Waals surface area contributed by atoms with Crippen LogP contribution in [0.1, 0.15) is 88.1 Å². The van der Waals surface area contributed by atoms with E-state index >= 15 is 0 Å². The van der Waals surface area contributed by atoms with Crippen LogP contribution in [0.4, 0.5) is 0 Å². The van der Waals surface area contributed by atoms with Crippen LogP contribution in [0.2, 0.25) is 0 Å². The molecule has 0 saturated carbocycles. The van der Waals surface area contributed by atoms with E-state index in [9.17, 15) is 38.5 Å². The minimum atomic E-state index is -5.18. The van der Waals surface area contributed by atoms with Gasteiger partial charge in [0.05, 0.1) is 5.56 Å². The Hall–Kier alpha value is -3.28. The van der Waals surface area contributed by atoms with E-state index in [-0.39, 0.29) is 24.8 Å². The van der Waals surface area contributed by atoms with Crippen LogP contribution >= 0.6 is 7.82 Å². The third-order valence-corrected chi connectivity index (χ3v) is 6.61. The van der Waals surface area contributed by atoms with Gasteiger partial charge in [-0.1, -0.05) is 45.6 Å². The molecule has 3 atom stereocenters. The van der Waals surface area contributed by atoms with Gasteiger partial charge in [0, 0.05) is 32.9 Å². The molecule has 41 heavy (non-hydrogen) atoms. The third-order valence-electron chi connectivity index (χ3n) is 6.18. The van der Waals surface area contributed by atoms with Crippen LogP contribution in [0.3, 0.4) is 0 Å². The maximum atomic E-state index is 13.5. The van der Waals surface area contributed by atoms with Gasteiger partial charge in [0.15, 0.2) is 6.29 Å². The molecule has 0 aliphatic rings. The summed E-state index contributed by atoms with van der Waals surface area (Å²) in [5.74, 6) is -3.24. The number of hydrogen-bond acceptors (Lipinski definition) is 8. The number of unbranched alkanes of at least 4 members (excludes halogenated alkanes) is 4. The second kappa shape index (κ2) is 18.2. The fourth-order valence-electron chi connectivity index (χ4n) is 4.17. The number of hydrogen-bond donors (Lipinski definition) is 4. The zero-order valence-electron chi connectivity index (χ0n) is 23.8. The van der Waals surface area contributed by atoms with Crippen molar-refractivity contribution in [2.75, 3.05) is 13.1 Å². The van der Waals surface area contributed by atoms with E-state index in [2.05, 4.69) is 15.2 Å². The first-order valence-electron chi connectivity index (χ1n) is 13.7. The summed E-state index contributed by atoms with van der Waals surface area (Å²) in [5, 5.41) is 14.4. The lowest BCUT2D eigenvalue weighted by Crippen LogP contribution is -2.55. The Morgan fingerprint density at radius 2 is 1.66 bits per heavy atom. The minimum Gasteiger partial charge on any atom is -0.746 e. The van der Waals surface area contributed by atoms with Crippen molar-refractivity contribution in [2.24, 2.45) is 0 Å². The van der Waals surface area contributed by atoms with Crippen LogP contribution in [0, 0.1) is 0 Å². The second-order valence-corrected chi connectivity index (χ2v) is 10.9. The fourth-order valence-corrected chi connectivity index (χ4v) is 4.58. The average Bonchev–Trinajstić information content (AvgIpc) is 2.89. The molecule has 1 aromatic carbocycles. The van der Waals surface area contributed by atoms with Gasteiger partial charge in [-0.2, -0.15) is 0 Å². The summed E-state index contributed by atoms with van der Waals surface area (Å²) in [6.07, 6.45) is 4.87. The molecule has 0 aromatic heterocycles. The number of benzene rings is 1. The molecule has 0 heterocycles. The highest BCUT2D eigenvalue weighted by atomic mass is 31.2. The first kappa shape index (κ1) is 35.7. The Labute approximate surface area is 240 Å². The third kappa shape index (κ3) is 14.3. The lowest BCUT2D eigenvalue weighted by atomic mass is 10.0. The largest absolute Gasteiger partial charge is 0.746 e. The summed E-state index contributed by atoms with van der Waals surface area (Å²) in [7, 11) is -5.18. The first-order chi connectivity index (χ1) is 19.3. The normalized spacial score (nSPS) is 13.8. The highest BCUT2D eigenvalue weighted by Gasteiger charge is 2.30. The van der Waals surface area contributed by atoms with Gasteiger partial charge in [-0.3, -0.25) is 28.5 Å². The Bertz CT molecular complexity index is 1080. The van der Waals surface area contributed by atoms with Crippen molar-refractivity contribution in [3.8, 4) is 5.75 Å². The van der Waals surface area contributed by atoms with Crippen LogP contribution in [0.5, 0.6) is 5.75 Å². The molecular formula is C27H41N3O10P-. The van der Waals surface area contributed by atoms with Gasteiger partial charge < -0.3 is 35.0 Å². The number of amides is 3. The van der Waals surface area contributed by atoms with Crippen LogP contribution in [0.25, 0.3) is 0 Å². The van der Waals surface area contributed by atoms with E-state index in [1.165, 1.54) is 19.1 Å². The lowest BCUT2D eigenvalue weighted by Gasteiger charge is -2.29. The lowest BCUT2D eigenvalue weighted by molar-refractivity contribution is -0.211. The number of nitrogens with zero attached hydrogens (tertiary/aromatic N) is 1. The zero-order chi connectivity index (χ0) is 31.0. The van der Waals surface area contributed by atoms with Crippen LogP contribution in [-0.4, -0.2) is 70.1 Å². The quantitative estimate of drug-likeness (QED) is 0.0976. The van der Waals surface area contributed by atoms with E-state index in [4.69, 9.17) is 4.89 Å². The molecular weight excluding hydrogens is 557 g/mol. The number of carboxylic acid groups (broad SMARTS) is 1. The van der Waals surface area contributed by atoms with Gasteiger partial charge in [0.1, 0.15) is 17.8 Å². The van der Waals surface area contributed by atoms with Crippen LogP contribution in [-0.2, 0) is 30.2 Å². The van der Waals surface area contributed by atoms with Crippen molar-refractivity contribution >= 4 is 37.8 Å². The van der Waals surface area contributed by atoms with Gasteiger partial charge in [0.25, 0.3) is 0 Å². The zero-order valence-corrected chi connectivity index (χ0v) is 24.7. The summed E-state index contributed by atoms with van der Waals surface area (Å²) in [5.41, 5.74) is 0.111. The topological polar surface area (TPSA) is 202 Å². The fraction of sp³-hybridized carbons (Fsp3) is 0.593. The van der Waals surface area contributed by atoms with Crippen LogP contribution in [0.15, 0.2) is 18.2 Å². The summed E-state index contributed by atoms with van der Waals surface area (Å²) in [6, 6.07) is 1.34. The minimum absolute atomic E-state index is 0.150. The number of phosphoric ester groups is 1. The van der Waals surface area contributed by atoms with E-state index in [0.29, 0.717) is 24.9 Å². The van der Waals surface area contributed by atoms with Gasteiger partial charge in [-0.15, -0.1) is 0 Å². The van der Waals surface area contributed by atoms with Gasteiger partial charge in [-0.05, 0) is 37.0 Å². The van der Waals surface area contributed by atoms with E-state index < -0.39 is 49.3 Å². The molecule has 3 amide bonds. The molecule has 0 fully saturated rings. The van der Waals surface area contributed by atoms with Crippen molar-refractivity contribution in [3.63, 3.8) is 0 Å². The molecule has 0 spiro atoms. The summed E-state index contributed by atoms with van der Waals surface area (Å²) in [4.78, 5) is 83.2. The molecule has 13 nitrogen and oxygen atoms in total. The summed E-state index contributed by atoms with van der Waals surface area (Å²) < 4.78 is 15.5. The Kier molecular flexibility index (Phi) is 15.9. The van der Waals surface area contributed by atoms with Crippen molar-refractivity contribution < 1.29 is 48.0 Å². The average molecular weight is 599 g/mol. The summed E-state index contributed by atoms with van der Waals surface area (Å²) in [6.45, 7) is 6.21. The smallest absolute Gasteiger partial charge is 0.317 e. The maximum Gasteiger partial charge on any atom is 0.317 e. The number of carbonyl (C=O) groups is 5. The van der Waals surface area contributed by atoms with E-state index in [1.54, 1.807) is 4.90 Å². The van der Waals surface area contributed by atoms with Gasteiger partial charge in [-0.25, -0.2) is 0 Å². The molecule has 1 aromatic rings. The molecule has 0 aliphatic carbocycles. The molecule has 0 saturated heterocycles. The number of nitrogens with one attached hydrogen (secondary N) is 2. The van der Waals surface area contributed by atoms with Gasteiger partial charge in [0.2, 0.25) is 17.7 Å². The molecule has 4 N–H and O–H groups in total. The molecule has 14 heteroatoms. The Balaban J connectivity index is 3.22. The highest BCUT2D eigenvalue weighted by Crippen LogP contribution is 2.35. The van der Waals surface area contributed by atoms with Gasteiger partial charge >= 0.3 is 13.8 Å². The number of aliphatic carboxylic acids is 1. The monoisotopic (exact) mass is 598 g/mol. The van der Waals surface area contributed by atoms with Crippen molar-refractivity contribution in [1.29, 1.82) is 0 Å². The number of phosphoric acid groups is 1. The molecule has 230 valence electrons. The van der Waals surface area contributed by atoms with E-state index in [0.717, 1.165) is 44.6 Å². The molecule has 0 aliphatic heterocycles. The number of aldehydes is 1. The highest BCUT2D eigenvalue weighted by molar-refractivity contribution is 7.45. The molecule has 3 unspecified atom stereocenters. The van der Waals surface area contributed by atoms with Crippen molar-refractivity contribution in [2.45, 2.75) is 90.6 Å².